The maximum absolute atomic E-state index is 14.7. The van der Waals surface area contributed by atoms with Gasteiger partial charge < -0.3 is 110 Å². The molecule has 4 aromatic rings. The fourth-order valence-electron chi connectivity index (χ4n) is 12.0. The number of aromatic amines is 1. The molecule has 0 aliphatic carbocycles. The predicted molar refractivity (Wildman–Crippen MR) is 374 cm³/mol. The van der Waals surface area contributed by atoms with Gasteiger partial charge >= 0.3 is 11.9 Å². The van der Waals surface area contributed by atoms with Gasteiger partial charge in [0.2, 0.25) is 65.0 Å². The zero-order valence-corrected chi connectivity index (χ0v) is 58.5. The fraction of sp³-hybridized carbons (Fsp3) is 0.507. The molecule has 1 aromatic heterocycles. The highest BCUT2D eigenvalue weighted by Gasteiger charge is 2.43. The number of aliphatic hydroxyl groups is 2. The molecule has 3 aromatic carbocycles. The van der Waals surface area contributed by atoms with Gasteiger partial charge in [0.15, 0.2) is 5.96 Å². The van der Waals surface area contributed by atoms with Gasteiger partial charge in [0.05, 0.1) is 18.8 Å². The maximum atomic E-state index is 14.7. The smallest absolute Gasteiger partial charge is 0.326 e. The van der Waals surface area contributed by atoms with Crippen molar-refractivity contribution in [1.82, 2.24) is 62.6 Å². The van der Waals surface area contributed by atoms with Crippen LogP contribution < -0.4 is 65.1 Å². The minimum absolute atomic E-state index is 0.00103. The second kappa shape index (κ2) is 38.9. The van der Waals surface area contributed by atoms with Crippen molar-refractivity contribution in [3.05, 3.63) is 95.7 Å². The lowest BCUT2D eigenvalue weighted by Crippen LogP contribution is -2.62. The summed E-state index contributed by atoms with van der Waals surface area (Å²) in [6.45, 7) is 6.36. The number of phenols is 2. The highest BCUT2D eigenvalue weighted by molar-refractivity contribution is 6.00. The van der Waals surface area contributed by atoms with Crippen LogP contribution in [0.4, 0.5) is 0 Å². The summed E-state index contributed by atoms with van der Waals surface area (Å²) in [5, 5.41) is 84.0. The molecule has 3 heterocycles. The van der Waals surface area contributed by atoms with Gasteiger partial charge in [-0.3, -0.25) is 62.5 Å². The number of nitrogens with one attached hydrogen (secondary N) is 10. The van der Waals surface area contributed by atoms with Crippen LogP contribution in [0.3, 0.4) is 0 Å². The van der Waals surface area contributed by atoms with Crippen LogP contribution >= 0.6 is 0 Å². The number of nitrogens with zero attached hydrogens (tertiary/aromatic N) is 3. The number of hydrogen-bond donors (Lipinski definition) is 19. The Kier molecular flexibility index (Phi) is 30.7. The average Bonchev–Trinajstić information content (AvgIpc) is 1.65. The van der Waals surface area contributed by atoms with Crippen LogP contribution in [0.15, 0.2) is 84.0 Å². The number of amides is 11. The number of aromatic nitrogens is 1. The van der Waals surface area contributed by atoms with E-state index in [0.717, 1.165) is 27.6 Å². The molecule has 22 N–H and O–H groups in total. The Labute approximate surface area is 599 Å². The molecule has 566 valence electrons. The number of guanidine groups is 1. The number of aliphatic imine (C=N–C) groups is 1. The highest BCUT2D eigenvalue weighted by Crippen LogP contribution is 2.24. The van der Waals surface area contributed by atoms with Gasteiger partial charge in [-0.25, -0.2) is 4.79 Å². The topological polar surface area (TPSA) is 564 Å². The van der Waals surface area contributed by atoms with E-state index >= 15 is 0 Å². The van der Waals surface area contributed by atoms with E-state index < -0.39 is 175 Å². The number of carboxylic acids is 2. The molecule has 35 heteroatoms. The molecule has 2 saturated heterocycles. The summed E-state index contributed by atoms with van der Waals surface area (Å²) in [5.41, 5.74) is 19.1. The Morgan fingerprint density at radius 3 is 1.61 bits per heavy atom. The number of benzene rings is 3. The number of aliphatic hydroxyl groups excluding tert-OH is 2. The number of nitrogens with two attached hydrogens (primary N) is 3. The van der Waals surface area contributed by atoms with E-state index in [1.165, 1.54) is 62.4 Å². The molecule has 0 unspecified atom stereocenters. The number of aliphatic carboxylic acids is 2. The number of rotatable bonds is 38. The maximum Gasteiger partial charge on any atom is 0.326 e. The Bertz CT molecular complexity index is 3730. The number of carbonyl (C=O) groups is 13. The third-order valence-electron chi connectivity index (χ3n) is 17.7. The van der Waals surface area contributed by atoms with Crippen LogP contribution in [0.5, 0.6) is 11.5 Å². The molecule has 2 aliphatic heterocycles. The molecule has 0 spiro atoms. The molecule has 0 radical (unpaired) electrons. The SMILES string of the molecule is CC(C)C[C@H](NC(=O)[C@H](Cc1c[nH]c2ccccc12)NC(=O)[C@H](C)NC(=O)[C@@H](N)CCCN=C(N)N)C(=O)N[C@@H](Cc1ccc(O)cc1)C(=O)N[C@@H](C)C(=O)N1CCC[C@H]1C(=O)N[C@@H](CCC(=O)O)C(=O)N[C@@H](CO)C(=O)N[C@H](C(=O)N1CCC[C@H]1C(=O)N[C@@H](Cc1ccc(O)cc1)C(=O)O)[C@@H](C)O. The number of aromatic hydroxyl groups is 2. The highest BCUT2D eigenvalue weighted by atomic mass is 16.4. The molecule has 0 bridgehead atoms. The molecular weight excluding hydrogens is 1360 g/mol. The first kappa shape index (κ1) is 82.0. The summed E-state index contributed by atoms with van der Waals surface area (Å²) in [5.74, 6) is -13.4. The summed E-state index contributed by atoms with van der Waals surface area (Å²) in [7, 11) is 0. The Morgan fingerprint density at radius 1 is 0.558 bits per heavy atom. The van der Waals surface area contributed by atoms with Gasteiger partial charge in [-0.2, -0.15) is 0 Å². The third-order valence-corrected chi connectivity index (χ3v) is 17.7. The van der Waals surface area contributed by atoms with E-state index in [1.54, 1.807) is 32.2 Å². The van der Waals surface area contributed by atoms with E-state index in [1.807, 2.05) is 12.1 Å². The molecule has 13 atom stereocenters. The Morgan fingerprint density at radius 2 is 1.05 bits per heavy atom. The van der Waals surface area contributed by atoms with E-state index in [-0.39, 0.29) is 101 Å². The number of carboxylic acid groups (broad SMARTS) is 2. The van der Waals surface area contributed by atoms with E-state index in [4.69, 9.17) is 17.2 Å². The normalized spacial score (nSPS) is 17.4. The lowest BCUT2D eigenvalue weighted by molar-refractivity contribution is -0.146. The minimum atomic E-state index is -1.91. The van der Waals surface area contributed by atoms with Crippen molar-refractivity contribution in [3.63, 3.8) is 0 Å². The predicted octanol–water partition coefficient (Wildman–Crippen LogP) is -3.26. The number of phenolic OH excluding ortho intramolecular Hbond substituents is 2. The van der Waals surface area contributed by atoms with Crippen LogP contribution in [0.2, 0.25) is 0 Å². The first-order valence-electron chi connectivity index (χ1n) is 34.2. The number of hydrogen-bond acceptors (Lipinski definition) is 19. The van der Waals surface area contributed by atoms with Gasteiger partial charge in [-0.15, -0.1) is 0 Å². The molecule has 11 amide bonds. The largest absolute Gasteiger partial charge is 0.508 e. The number of carbonyl (C=O) groups excluding carboxylic acids is 11. The van der Waals surface area contributed by atoms with Crippen molar-refractivity contribution in [3.8, 4) is 11.5 Å². The van der Waals surface area contributed by atoms with Gasteiger partial charge in [-0.1, -0.05) is 56.3 Å². The zero-order chi connectivity index (χ0) is 76.6. The lowest BCUT2D eigenvalue weighted by atomic mass is 9.99. The average molecular weight is 1450 g/mol. The summed E-state index contributed by atoms with van der Waals surface area (Å²) >= 11 is 0. The molecule has 35 nitrogen and oxygen atoms in total. The van der Waals surface area contributed by atoms with E-state index in [0.29, 0.717) is 23.1 Å². The van der Waals surface area contributed by atoms with Gasteiger partial charge in [-0.05, 0) is 125 Å². The molecular formula is C69H96N16O19. The molecule has 0 saturated carbocycles. The second-order valence-electron chi connectivity index (χ2n) is 26.4. The van der Waals surface area contributed by atoms with Crippen molar-refractivity contribution in [1.29, 1.82) is 0 Å². The summed E-state index contributed by atoms with van der Waals surface area (Å²) in [6, 6.07) is 1.07. The van der Waals surface area contributed by atoms with Gasteiger partial charge in [0.1, 0.15) is 78.0 Å². The summed E-state index contributed by atoms with van der Waals surface area (Å²) in [6.07, 6.45) is -0.746. The number of fused-ring (bicyclic) bond motifs is 1. The van der Waals surface area contributed by atoms with Gasteiger partial charge in [0, 0.05) is 62.4 Å². The van der Waals surface area contributed by atoms with Crippen molar-refractivity contribution >= 4 is 93.8 Å². The molecule has 104 heavy (non-hydrogen) atoms. The number of H-pyrrole nitrogens is 1. The number of likely N-dealkylation sites (tertiary alicyclic amines) is 2. The van der Waals surface area contributed by atoms with Crippen LogP contribution in [0.1, 0.15) is 109 Å². The van der Waals surface area contributed by atoms with Crippen LogP contribution in [0.25, 0.3) is 10.9 Å². The third kappa shape index (κ3) is 24.1. The molecule has 6 rings (SSSR count). The van der Waals surface area contributed by atoms with E-state index in [2.05, 4.69) is 57.8 Å². The second-order valence-corrected chi connectivity index (χ2v) is 26.4. The number of para-hydroxylation sites is 1. The summed E-state index contributed by atoms with van der Waals surface area (Å²) < 4.78 is 0. The molecule has 2 fully saturated rings. The van der Waals surface area contributed by atoms with Crippen molar-refractivity contribution < 1.29 is 93.0 Å². The molecule has 2 aliphatic rings. The van der Waals surface area contributed by atoms with E-state index in [9.17, 15) is 93.0 Å². The van der Waals surface area contributed by atoms with Crippen molar-refractivity contribution in [2.45, 2.75) is 190 Å². The summed E-state index contributed by atoms with van der Waals surface area (Å²) in [4.78, 5) is 188. The van der Waals surface area contributed by atoms with Crippen LogP contribution in [-0.4, -0.2) is 233 Å². The van der Waals surface area contributed by atoms with Crippen molar-refractivity contribution in [2.24, 2.45) is 28.1 Å². The monoisotopic (exact) mass is 1450 g/mol. The lowest BCUT2D eigenvalue weighted by Gasteiger charge is -2.31. The standard InChI is InChI=1S/C69H96N16O19/c1-35(2)29-48(79-62(97)50(32-41-33-74-46-13-7-6-11-44(41)46)78-57(92)36(3)75-58(93)45(70)12-8-26-73-69(71)72)61(96)80-49(30-39-16-20-42(88)21-17-39)60(95)76-37(4)66(101)84-27-9-14-53(84)64(99)77-47(24-25-55(90)91)59(94)82-52(34-86)63(98)83-56(38(5)87)67(102)85-28-10-15-54(85)65(100)81-51(68(103)104)31-40-18-22-43(89)23-19-40/h6-7,11,13,16-23,33,35-38,45,47-54,56,74,86-89H,8-10,12,14-15,24-32,34,70H2,1-5H3,(H,75,93)(H,76,95)(H,77,99)(H,78,92)(H,79,97)(H,80,96)(H,81,100)(H,82,94)(H,83,98)(H,90,91)(H,103,104)(H4,71,72,73)/t36-,37-,38+,45-,47-,48-,49-,50-,51-,52-,53-,54-,56-/m0/s1. The van der Waals surface area contributed by atoms with Gasteiger partial charge in [0.25, 0.3) is 0 Å². The quantitative estimate of drug-likeness (QED) is 0.0119. The van der Waals surface area contributed by atoms with Crippen LogP contribution in [-0.2, 0) is 81.6 Å². The first-order valence-corrected chi connectivity index (χ1v) is 34.2. The Balaban J connectivity index is 1.13. The minimum Gasteiger partial charge on any atom is -0.508 e. The first-order chi connectivity index (χ1) is 49.2. The Hall–Kier alpha value is -10.9. The van der Waals surface area contributed by atoms with Crippen LogP contribution in [0, 0.1) is 5.92 Å². The zero-order valence-electron chi connectivity index (χ0n) is 58.5. The fourth-order valence-corrected chi connectivity index (χ4v) is 12.0. The van der Waals surface area contributed by atoms with Crippen molar-refractivity contribution in [2.75, 3.05) is 26.2 Å².